The molecule has 23 heavy (non-hydrogen) atoms. The van der Waals surface area contributed by atoms with E-state index in [4.69, 9.17) is 4.74 Å². The lowest BCUT2D eigenvalue weighted by Crippen LogP contribution is -2.31. The zero-order valence-corrected chi connectivity index (χ0v) is 13.4. The Kier molecular flexibility index (Phi) is 3.37. The molecular formula is C19H19N3O. The molecule has 0 radical (unpaired) electrons. The van der Waals surface area contributed by atoms with E-state index in [1.54, 1.807) is 13.4 Å². The monoisotopic (exact) mass is 305 g/mol. The van der Waals surface area contributed by atoms with Gasteiger partial charge >= 0.3 is 0 Å². The molecule has 0 saturated heterocycles. The maximum absolute atomic E-state index is 5.37. The van der Waals surface area contributed by atoms with Crippen LogP contribution in [0.5, 0.6) is 5.88 Å². The first kappa shape index (κ1) is 14.0. The Balaban J connectivity index is 1.79. The van der Waals surface area contributed by atoms with Crippen LogP contribution in [0.2, 0.25) is 0 Å². The fraction of sp³-hybridized carbons (Fsp3) is 0.263. The van der Waals surface area contributed by atoms with E-state index in [9.17, 15) is 0 Å². The summed E-state index contributed by atoms with van der Waals surface area (Å²) < 4.78 is 5.37. The number of nitrogens with zero attached hydrogens (tertiary/aromatic N) is 3. The minimum Gasteiger partial charge on any atom is -0.481 e. The van der Waals surface area contributed by atoms with Crippen molar-refractivity contribution < 1.29 is 4.74 Å². The molecule has 1 aromatic heterocycles. The zero-order valence-electron chi connectivity index (χ0n) is 13.4. The third-order valence-corrected chi connectivity index (χ3v) is 4.59. The number of benzene rings is 2. The molecule has 0 spiro atoms. The lowest BCUT2D eigenvalue weighted by Gasteiger charge is -2.31. The third-order valence-electron chi connectivity index (χ3n) is 4.59. The maximum Gasteiger partial charge on any atom is 0.219 e. The van der Waals surface area contributed by atoms with Gasteiger partial charge in [0, 0.05) is 23.2 Å². The van der Waals surface area contributed by atoms with Crippen molar-refractivity contribution >= 4 is 16.5 Å². The molecule has 0 atom stereocenters. The molecule has 1 aliphatic rings. The molecule has 2 aromatic carbocycles. The summed E-state index contributed by atoms with van der Waals surface area (Å²) in [5.74, 6) is 0.712. The number of ether oxygens (including phenoxy) is 1. The Morgan fingerprint density at radius 3 is 2.74 bits per heavy atom. The van der Waals surface area contributed by atoms with Gasteiger partial charge in [0.2, 0.25) is 5.88 Å². The maximum atomic E-state index is 5.37. The molecule has 0 N–H and O–H groups in total. The Morgan fingerprint density at radius 2 is 1.91 bits per heavy atom. The van der Waals surface area contributed by atoms with Gasteiger partial charge < -0.3 is 9.64 Å². The highest BCUT2D eigenvalue weighted by Gasteiger charge is 2.22. The summed E-state index contributed by atoms with van der Waals surface area (Å²) in [7, 11) is 1.67. The molecule has 0 unspecified atom stereocenters. The molecule has 0 fully saturated rings. The average molecular weight is 305 g/mol. The van der Waals surface area contributed by atoms with Gasteiger partial charge in [-0.1, -0.05) is 30.3 Å². The molecule has 4 rings (SSSR count). The molecule has 116 valence electrons. The van der Waals surface area contributed by atoms with Crippen LogP contribution < -0.4 is 9.64 Å². The van der Waals surface area contributed by atoms with Gasteiger partial charge in [-0.3, -0.25) is 0 Å². The minimum atomic E-state index is 0.712. The summed E-state index contributed by atoms with van der Waals surface area (Å²) in [6.45, 7) is 3.92. The predicted molar refractivity (Wildman–Crippen MR) is 92.0 cm³/mol. The Labute approximate surface area is 135 Å². The van der Waals surface area contributed by atoms with Gasteiger partial charge in [-0.2, -0.15) is 0 Å². The van der Waals surface area contributed by atoms with E-state index in [0.29, 0.717) is 5.88 Å². The van der Waals surface area contributed by atoms with E-state index in [0.717, 1.165) is 30.8 Å². The number of aromatic nitrogens is 2. The SMILES string of the molecule is COc1ncnc2c1CCN(c1cccc3cccc(C)c13)C2. The first-order valence-electron chi connectivity index (χ1n) is 7.88. The molecule has 3 aromatic rings. The van der Waals surface area contributed by atoms with Crippen molar-refractivity contribution in [3.8, 4) is 5.88 Å². The van der Waals surface area contributed by atoms with E-state index in [1.807, 2.05) is 0 Å². The third kappa shape index (κ3) is 2.31. The molecule has 0 bridgehead atoms. The number of methoxy groups -OCH3 is 1. The quantitative estimate of drug-likeness (QED) is 0.726. The van der Waals surface area contributed by atoms with E-state index < -0.39 is 0 Å². The van der Waals surface area contributed by atoms with Gasteiger partial charge in [-0.05, 0) is 30.4 Å². The highest BCUT2D eigenvalue weighted by atomic mass is 16.5. The predicted octanol–water partition coefficient (Wildman–Crippen LogP) is 3.51. The van der Waals surface area contributed by atoms with E-state index in [-0.39, 0.29) is 0 Å². The second kappa shape index (κ2) is 5.54. The number of hydrogen-bond donors (Lipinski definition) is 0. The summed E-state index contributed by atoms with van der Waals surface area (Å²) in [5.41, 5.74) is 4.80. The van der Waals surface area contributed by atoms with Crippen molar-refractivity contribution in [2.45, 2.75) is 19.9 Å². The lowest BCUT2D eigenvalue weighted by atomic mass is 10.0. The van der Waals surface area contributed by atoms with Crippen molar-refractivity contribution in [2.24, 2.45) is 0 Å². The van der Waals surface area contributed by atoms with E-state index >= 15 is 0 Å². The Bertz CT molecular complexity index is 870. The lowest BCUT2D eigenvalue weighted by molar-refractivity contribution is 0.388. The van der Waals surface area contributed by atoms with Gasteiger partial charge in [0.1, 0.15) is 6.33 Å². The molecule has 4 nitrogen and oxygen atoms in total. The van der Waals surface area contributed by atoms with E-state index in [1.165, 1.54) is 22.0 Å². The van der Waals surface area contributed by atoms with Gasteiger partial charge in [-0.25, -0.2) is 9.97 Å². The van der Waals surface area contributed by atoms with Crippen LogP contribution in [0.25, 0.3) is 10.8 Å². The molecule has 4 heteroatoms. The van der Waals surface area contributed by atoms with Crippen LogP contribution >= 0.6 is 0 Å². The summed E-state index contributed by atoms with van der Waals surface area (Å²) in [6, 6.07) is 13.0. The van der Waals surface area contributed by atoms with Crippen LogP contribution in [-0.2, 0) is 13.0 Å². The van der Waals surface area contributed by atoms with Gasteiger partial charge in [0.25, 0.3) is 0 Å². The molecule has 1 aliphatic heterocycles. The van der Waals surface area contributed by atoms with Gasteiger partial charge in [-0.15, -0.1) is 0 Å². The van der Waals surface area contributed by atoms with Gasteiger partial charge in [0.05, 0.1) is 19.3 Å². The molecule has 0 aliphatic carbocycles. The normalized spacial score (nSPS) is 13.9. The van der Waals surface area contributed by atoms with Crippen molar-refractivity contribution in [1.82, 2.24) is 9.97 Å². The molecule has 0 saturated carbocycles. The topological polar surface area (TPSA) is 38.3 Å². The summed E-state index contributed by atoms with van der Waals surface area (Å²) in [6.07, 6.45) is 2.50. The second-order valence-electron chi connectivity index (χ2n) is 5.93. The zero-order chi connectivity index (χ0) is 15.8. The van der Waals surface area contributed by atoms with Crippen LogP contribution in [0.3, 0.4) is 0 Å². The highest BCUT2D eigenvalue weighted by Crippen LogP contribution is 2.33. The standard InChI is InChI=1S/C19H19N3O/c1-13-5-3-6-14-7-4-8-17(18(13)14)22-10-9-15-16(11-22)20-12-21-19(15)23-2/h3-8,12H,9-11H2,1-2H3. The van der Waals surface area contributed by atoms with Crippen LogP contribution in [0.1, 0.15) is 16.8 Å². The number of rotatable bonds is 2. The van der Waals surface area contributed by atoms with Crippen LogP contribution in [0, 0.1) is 6.92 Å². The van der Waals surface area contributed by atoms with Crippen molar-refractivity contribution in [2.75, 3.05) is 18.6 Å². The summed E-state index contributed by atoms with van der Waals surface area (Å²) in [5, 5.41) is 2.62. The average Bonchev–Trinajstić information content (AvgIpc) is 2.60. The van der Waals surface area contributed by atoms with Crippen LogP contribution in [0.15, 0.2) is 42.7 Å². The fourth-order valence-corrected chi connectivity index (χ4v) is 3.47. The van der Waals surface area contributed by atoms with Crippen molar-refractivity contribution in [1.29, 1.82) is 0 Å². The van der Waals surface area contributed by atoms with E-state index in [2.05, 4.69) is 58.2 Å². The largest absolute Gasteiger partial charge is 0.481 e. The summed E-state index contributed by atoms with van der Waals surface area (Å²) >= 11 is 0. The number of aryl methyl sites for hydroxylation is 1. The first-order valence-corrected chi connectivity index (χ1v) is 7.88. The molecular weight excluding hydrogens is 286 g/mol. The Morgan fingerprint density at radius 1 is 1.09 bits per heavy atom. The molecule has 2 heterocycles. The van der Waals surface area contributed by atoms with Crippen molar-refractivity contribution in [3.05, 3.63) is 59.5 Å². The smallest absolute Gasteiger partial charge is 0.219 e. The van der Waals surface area contributed by atoms with Crippen LogP contribution in [-0.4, -0.2) is 23.6 Å². The molecule has 0 amide bonds. The number of fused-ring (bicyclic) bond motifs is 2. The number of hydrogen-bond acceptors (Lipinski definition) is 4. The van der Waals surface area contributed by atoms with Crippen molar-refractivity contribution in [3.63, 3.8) is 0 Å². The highest BCUT2D eigenvalue weighted by molar-refractivity contribution is 5.96. The second-order valence-corrected chi connectivity index (χ2v) is 5.93. The fourth-order valence-electron chi connectivity index (χ4n) is 3.47. The van der Waals surface area contributed by atoms with Gasteiger partial charge in [0.15, 0.2) is 0 Å². The minimum absolute atomic E-state index is 0.712. The van der Waals surface area contributed by atoms with Crippen LogP contribution in [0.4, 0.5) is 5.69 Å². The first-order chi connectivity index (χ1) is 11.3. The number of anilines is 1. The summed E-state index contributed by atoms with van der Waals surface area (Å²) in [4.78, 5) is 11.1. The Hall–Kier alpha value is -2.62.